The van der Waals surface area contributed by atoms with Crippen molar-refractivity contribution in [2.75, 3.05) is 64.3 Å². The van der Waals surface area contributed by atoms with E-state index < -0.39 is 0 Å². The molecule has 0 aliphatic carbocycles. The van der Waals surface area contributed by atoms with Crippen molar-refractivity contribution in [3.63, 3.8) is 0 Å². The van der Waals surface area contributed by atoms with Crippen molar-refractivity contribution < 1.29 is 4.79 Å². The number of benzene rings is 1. The standard InChI is InChI=1S/C25H36N6O/c1-28(20-22-6-3-2-4-7-22)21-23-8-13-29(14-9-23)15-10-24(32)30-16-18-31(19-17-30)25-26-11-5-12-27-25/h2-7,11-12,23H,8-10,13-21H2,1H3. The van der Waals surface area contributed by atoms with Crippen LogP contribution in [0.5, 0.6) is 0 Å². The van der Waals surface area contributed by atoms with Gasteiger partial charge in [0.2, 0.25) is 11.9 Å². The van der Waals surface area contributed by atoms with E-state index in [1.807, 2.05) is 11.0 Å². The quantitative estimate of drug-likeness (QED) is 0.633. The van der Waals surface area contributed by atoms with Crippen molar-refractivity contribution in [3.05, 3.63) is 54.4 Å². The summed E-state index contributed by atoms with van der Waals surface area (Å²) in [6.07, 6.45) is 6.61. The molecule has 0 atom stereocenters. The van der Waals surface area contributed by atoms with Crippen molar-refractivity contribution in [1.29, 1.82) is 0 Å². The van der Waals surface area contributed by atoms with Gasteiger partial charge in [-0.3, -0.25) is 4.79 Å². The van der Waals surface area contributed by atoms with Gasteiger partial charge < -0.3 is 19.6 Å². The molecule has 1 aromatic heterocycles. The van der Waals surface area contributed by atoms with E-state index in [-0.39, 0.29) is 5.91 Å². The van der Waals surface area contributed by atoms with Crippen molar-refractivity contribution in [2.45, 2.75) is 25.8 Å². The third kappa shape index (κ3) is 6.50. The molecule has 2 saturated heterocycles. The zero-order valence-corrected chi connectivity index (χ0v) is 19.3. The summed E-state index contributed by atoms with van der Waals surface area (Å²) in [6, 6.07) is 12.5. The molecule has 4 rings (SSSR count). The van der Waals surface area contributed by atoms with Crippen LogP contribution in [0.4, 0.5) is 5.95 Å². The lowest BCUT2D eigenvalue weighted by Crippen LogP contribution is -2.50. The summed E-state index contributed by atoms with van der Waals surface area (Å²) in [5.41, 5.74) is 1.38. The van der Waals surface area contributed by atoms with Gasteiger partial charge in [0.1, 0.15) is 0 Å². The van der Waals surface area contributed by atoms with Gasteiger partial charge in [0, 0.05) is 64.6 Å². The van der Waals surface area contributed by atoms with E-state index in [1.165, 1.54) is 18.4 Å². The lowest BCUT2D eigenvalue weighted by molar-refractivity contribution is -0.131. The van der Waals surface area contributed by atoms with Crippen molar-refractivity contribution >= 4 is 11.9 Å². The zero-order valence-electron chi connectivity index (χ0n) is 19.3. The summed E-state index contributed by atoms with van der Waals surface area (Å²) in [6.45, 7) is 8.38. The second kappa shape index (κ2) is 11.4. The maximum absolute atomic E-state index is 12.7. The minimum atomic E-state index is 0.281. The number of amides is 1. The highest BCUT2D eigenvalue weighted by molar-refractivity contribution is 5.76. The van der Waals surface area contributed by atoms with Gasteiger partial charge in [-0.15, -0.1) is 0 Å². The van der Waals surface area contributed by atoms with Crippen LogP contribution in [0.2, 0.25) is 0 Å². The molecular weight excluding hydrogens is 400 g/mol. The summed E-state index contributed by atoms with van der Waals surface area (Å²) in [5, 5.41) is 0. The van der Waals surface area contributed by atoms with Crippen LogP contribution in [0.3, 0.4) is 0 Å². The summed E-state index contributed by atoms with van der Waals surface area (Å²) in [7, 11) is 2.22. The Labute approximate surface area is 192 Å². The number of carbonyl (C=O) groups excluding carboxylic acids is 1. The maximum atomic E-state index is 12.7. The fourth-order valence-electron chi connectivity index (χ4n) is 4.82. The first-order valence-corrected chi connectivity index (χ1v) is 11.9. The van der Waals surface area contributed by atoms with E-state index in [0.717, 1.165) is 70.8 Å². The molecule has 0 unspecified atom stereocenters. The van der Waals surface area contributed by atoms with Gasteiger partial charge in [-0.25, -0.2) is 9.97 Å². The maximum Gasteiger partial charge on any atom is 0.225 e. The molecule has 0 radical (unpaired) electrons. The van der Waals surface area contributed by atoms with Gasteiger partial charge in [-0.05, 0) is 50.5 Å². The minimum Gasteiger partial charge on any atom is -0.339 e. The number of hydrogen-bond donors (Lipinski definition) is 0. The Balaban J connectivity index is 1.11. The average molecular weight is 437 g/mol. The van der Waals surface area contributed by atoms with E-state index in [2.05, 4.69) is 62.0 Å². The molecule has 7 heteroatoms. The molecule has 2 aliphatic heterocycles. The molecule has 32 heavy (non-hydrogen) atoms. The third-order valence-electron chi connectivity index (χ3n) is 6.68. The van der Waals surface area contributed by atoms with E-state index in [4.69, 9.17) is 0 Å². The molecule has 0 spiro atoms. The van der Waals surface area contributed by atoms with Crippen LogP contribution >= 0.6 is 0 Å². The lowest BCUT2D eigenvalue weighted by Gasteiger charge is -2.36. The summed E-state index contributed by atoms with van der Waals surface area (Å²) in [4.78, 5) is 30.4. The predicted octanol–water partition coefficient (Wildman–Crippen LogP) is 2.36. The molecule has 2 aliphatic rings. The molecule has 172 valence electrons. The Kier molecular flexibility index (Phi) is 8.07. The van der Waals surface area contributed by atoms with E-state index >= 15 is 0 Å². The second-order valence-electron chi connectivity index (χ2n) is 9.13. The Morgan fingerprint density at radius 3 is 2.34 bits per heavy atom. The highest BCUT2D eigenvalue weighted by atomic mass is 16.2. The molecule has 7 nitrogen and oxygen atoms in total. The normalized spacial score (nSPS) is 18.3. The zero-order chi connectivity index (χ0) is 22.2. The highest BCUT2D eigenvalue weighted by Gasteiger charge is 2.24. The first kappa shape index (κ1) is 22.7. The van der Waals surface area contributed by atoms with Crippen LogP contribution in [0.1, 0.15) is 24.8 Å². The number of carbonyl (C=O) groups is 1. The van der Waals surface area contributed by atoms with Gasteiger partial charge in [0.25, 0.3) is 0 Å². The minimum absolute atomic E-state index is 0.281. The molecule has 2 fully saturated rings. The molecule has 0 saturated carbocycles. The number of nitrogens with zero attached hydrogens (tertiary/aromatic N) is 6. The summed E-state index contributed by atoms with van der Waals surface area (Å²) >= 11 is 0. The second-order valence-corrected chi connectivity index (χ2v) is 9.13. The number of hydrogen-bond acceptors (Lipinski definition) is 6. The van der Waals surface area contributed by atoms with Crippen LogP contribution < -0.4 is 4.90 Å². The van der Waals surface area contributed by atoms with Crippen molar-refractivity contribution in [3.8, 4) is 0 Å². The Bertz CT molecular complexity index is 817. The van der Waals surface area contributed by atoms with Gasteiger partial charge >= 0.3 is 0 Å². The summed E-state index contributed by atoms with van der Waals surface area (Å²) < 4.78 is 0. The molecule has 1 amide bonds. The molecular formula is C25H36N6O. The Morgan fingerprint density at radius 2 is 1.66 bits per heavy atom. The summed E-state index contributed by atoms with van der Waals surface area (Å²) in [5.74, 6) is 1.80. The third-order valence-corrected chi connectivity index (χ3v) is 6.68. The van der Waals surface area contributed by atoms with Crippen LogP contribution in [0.25, 0.3) is 0 Å². The van der Waals surface area contributed by atoms with E-state index in [1.54, 1.807) is 12.4 Å². The van der Waals surface area contributed by atoms with Gasteiger partial charge in [-0.1, -0.05) is 30.3 Å². The first-order valence-electron chi connectivity index (χ1n) is 11.9. The monoisotopic (exact) mass is 436 g/mol. The molecule has 3 heterocycles. The molecule has 1 aromatic carbocycles. The lowest BCUT2D eigenvalue weighted by atomic mass is 9.96. The number of piperazine rings is 1. The van der Waals surface area contributed by atoms with Crippen molar-refractivity contribution in [1.82, 2.24) is 24.7 Å². The number of anilines is 1. The smallest absolute Gasteiger partial charge is 0.225 e. The van der Waals surface area contributed by atoms with Crippen LogP contribution in [-0.2, 0) is 11.3 Å². The van der Waals surface area contributed by atoms with Crippen molar-refractivity contribution in [2.24, 2.45) is 5.92 Å². The number of rotatable bonds is 8. The van der Waals surface area contributed by atoms with Crippen LogP contribution in [0.15, 0.2) is 48.8 Å². The number of likely N-dealkylation sites (tertiary alicyclic amines) is 1. The van der Waals surface area contributed by atoms with Gasteiger partial charge in [0.05, 0.1) is 0 Å². The predicted molar refractivity (Wildman–Crippen MR) is 127 cm³/mol. The molecule has 0 N–H and O–H groups in total. The van der Waals surface area contributed by atoms with Gasteiger partial charge in [0.15, 0.2) is 0 Å². The fraction of sp³-hybridized carbons (Fsp3) is 0.560. The SMILES string of the molecule is CN(Cc1ccccc1)CC1CCN(CCC(=O)N2CCN(c3ncccn3)CC2)CC1. The topological polar surface area (TPSA) is 55.8 Å². The Morgan fingerprint density at radius 1 is 0.969 bits per heavy atom. The highest BCUT2D eigenvalue weighted by Crippen LogP contribution is 2.19. The average Bonchev–Trinajstić information content (AvgIpc) is 2.84. The fourth-order valence-corrected chi connectivity index (χ4v) is 4.82. The number of piperidine rings is 1. The van der Waals surface area contributed by atoms with E-state index in [9.17, 15) is 4.79 Å². The largest absolute Gasteiger partial charge is 0.339 e. The molecule has 0 bridgehead atoms. The van der Waals surface area contributed by atoms with Crippen LogP contribution in [-0.4, -0.2) is 90.0 Å². The molecule has 2 aromatic rings. The van der Waals surface area contributed by atoms with Crippen LogP contribution in [0, 0.1) is 5.92 Å². The first-order chi connectivity index (χ1) is 15.7. The Hall–Kier alpha value is -2.51. The number of aromatic nitrogens is 2. The van der Waals surface area contributed by atoms with Gasteiger partial charge in [-0.2, -0.15) is 0 Å². The van der Waals surface area contributed by atoms with E-state index in [0.29, 0.717) is 6.42 Å².